The average Bonchev–Trinajstić information content (AvgIpc) is 2.69. The number of ketones is 1. The molecule has 0 bridgehead atoms. The number of carbonyl (C=O) groups is 3. The largest absolute Gasteiger partial charge is 0.370 e. The lowest BCUT2D eigenvalue weighted by Gasteiger charge is -2.26. The topological polar surface area (TPSA) is 75.7 Å². The monoisotopic (exact) mass is 384 g/mol. The van der Waals surface area contributed by atoms with Crippen LogP contribution in [0.25, 0.3) is 0 Å². The first kappa shape index (κ1) is 19.7. The highest BCUT2D eigenvalue weighted by Crippen LogP contribution is 2.20. The van der Waals surface area contributed by atoms with Crippen LogP contribution in [0.2, 0.25) is 0 Å². The highest BCUT2D eigenvalue weighted by Gasteiger charge is 2.20. The number of halogens is 1. The Kier molecular flexibility index (Phi) is 6.49. The van der Waals surface area contributed by atoms with Crippen molar-refractivity contribution >= 4 is 29.0 Å². The van der Waals surface area contributed by atoms with Crippen molar-refractivity contribution in [3.8, 4) is 0 Å². The van der Waals surface area contributed by atoms with Gasteiger partial charge in [-0.3, -0.25) is 14.4 Å². The molecule has 1 fully saturated rings. The van der Waals surface area contributed by atoms with Crippen molar-refractivity contribution < 1.29 is 23.5 Å². The summed E-state index contributed by atoms with van der Waals surface area (Å²) >= 11 is 0. The minimum Gasteiger partial charge on any atom is -0.370 e. The molecule has 1 aliphatic rings. The Morgan fingerprint density at radius 1 is 1.04 bits per heavy atom. The highest BCUT2D eigenvalue weighted by molar-refractivity contribution is 5.97. The summed E-state index contributed by atoms with van der Waals surface area (Å²) in [6, 6.07) is 12.4. The fraction of sp³-hybridized carbons (Fsp3) is 0.286. The molecule has 28 heavy (non-hydrogen) atoms. The minimum atomic E-state index is -0.389. The Labute approximate surface area is 162 Å². The van der Waals surface area contributed by atoms with Gasteiger partial charge in [0.1, 0.15) is 12.4 Å². The summed E-state index contributed by atoms with van der Waals surface area (Å²) in [6.45, 7) is 1.09. The molecule has 0 aliphatic carbocycles. The first-order valence-corrected chi connectivity index (χ1v) is 9.10. The molecule has 1 aliphatic heterocycles. The van der Waals surface area contributed by atoms with Crippen molar-refractivity contribution in [1.29, 1.82) is 0 Å². The molecule has 2 amide bonds. The lowest BCUT2D eigenvalue weighted by Crippen LogP contribution is -2.41. The minimum absolute atomic E-state index is 0.0785. The van der Waals surface area contributed by atoms with Gasteiger partial charge in [0.15, 0.2) is 5.78 Å². The van der Waals surface area contributed by atoms with Gasteiger partial charge in [0.2, 0.25) is 5.91 Å². The van der Waals surface area contributed by atoms with Crippen molar-refractivity contribution in [2.75, 3.05) is 30.0 Å². The summed E-state index contributed by atoms with van der Waals surface area (Å²) in [7, 11) is 0. The maximum absolute atomic E-state index is 12.9. The number of morpholine rings is 1. The van der Waals surface area contributed by atoms with Gasteiger partial charge in [-0.05, 0) is 55.0 Å². The van der Waals surface area contributed by atoms with E-state index in [1.165, 1.54) is 24.3 Å². The quantitative estimate of drug-likeness (QED) is 0.744. The molecule has 0 unspecified atom stereocenters. The maximum atomic E-state index is 12.9. The molecule has 7 heteroatoms. The van der Waals surface area contributed by atoms with E-state index in [-0.39, 0.29) is 42.9 Å². The number of nitrogens with one attached hydrogen (secondary N) is 1. The van der Waals surface area contributed by atoms with Crippen LogP contribution in [0.4, 0.5) is 15.8 Å². The molecule has 1 saturated heterocycles. The molecule has 1 heterocycles. The number of nitrogens with zero attached hydrogens (tertiary/aromatic N) is 1. The molecule has 2 aromatic carbocycles. The molecule has 0 saturated carbocycles. The molecule has 3 rings (SSSR count). The van der Waals surface area contributed by atoms with Crippen LogP contribution in [0, 0.1) is 5.82 Å². The zero-order valence-electron chi connectivity index (χ0n) is 15.3. The van der Waals surface area contributed by atoms with E-state index in [0.717, 1.165) is 5.69 Å². The number of amides is 2. The van der Waals surface area contributed by atoms with Crippen molar-refractivity contribution in [2.24, 2.45) is 0 Å². The predicted octanol–water partition coefficient (Wildman–Crippen LogP) is 3.18. The van der Waals surface area contributed by atoms with E-state index in [4.69, 9.17) is 4.74 Å². The molecule has 2 aromatic rings. The van der Waals surface area contributed by atoms with Gasteiger partial charge in [-0.15, -0.1) is 0 Å². The van der Waals surface area contributed by atoms with Gasteiger partial charge in [0.05, 0.1) is 6.61 Å². The van der Waals surface area contributed by atoms with Crippen LogP contribution in [0.15, 0.2) is 48.5 Å². The Morgan fingerprint density at radius 3 is 2.43 bits per heavy atom. The second-order valence-electron chi connectivity index (χ2n) is 6.48. The Bertz CT molecular complexity index is 850. The number of carbonyl (C=O) groups excluding carboxylic acids is 3. The summed E-state index contributed by atoms with van der Waals surface area (Å²) in [5.74, 6) is -0.789. The number of ether oxygens (including phenoxy) is 1. The van der Waals surface area contributed by atoms with Crippen LogP contribution in [0.5, 0.6) is 0 Å². The fourth-order valence-corrected chi connectivity index (χ4v) is 2.93. The predicted molar refractivity (Wildman–Crippen MR) is 103 cm³/mol. The molecule has 0 radical (unpaired) electrons. The van der Waals surface area contributed by atoms with Gasteiger partial charge in [0.25, 0.3) is 5.91 Å². The van der Waals surface area contributed by atoms with Gasteiger partial charge in [-0.25, -0.2) is 4.39 Å². The van der Waals surface area contributed by atoms with E-state index in [2.05, 4.69) is 5.32 Å². The SMILES string of the molecule is O=C(CCCC(=O)c1ccc(F)cc1)Nc1ccc(N2CCOCC2=O)cc1. The first-order valence-electron chi connectivity index (χ1n) is 9.10. The zero-order valence-corrected chi connectivity index (χ0v) is 15.3. The normalized spacial score (nSPS) is 14.0. The van der Waals surface area contributed by atoms with Gasteiger partial charge in [-0.1, -0.05) is 0 Å². The van der Waals surface area contributed by atoms with Gasteiger partial charge in [0, 0.05) is 36.3 Å². The van der Waals surface area contributed by atoms with Crippen molar-refractivity contribution in [3.63, 3.8) is 0 Å². The number of rotatable bonds is 7. The summed E-state index contributed by atoms with van der Waals surface area (Å²) in [4.78, 5) is 37.6. The van der Waals surface area contributed by atoms with Crippen molar-refractivity contribution in [1.82, 2.24) is 0 Å². The Balaban J connectivity index is 1.45. The van der Waals surface area contributed by atoms with E-state index >= 15 is 0 Å². The Morgan fingerprint density at radius 2 is 1.75 bits per heavy atom. The lowest BCUT2D eigenvalue weighted by molar-refractivity contribution is -0.125. The number of Topliss-reactive ketones (excluding diaryl/α,β-unsaturated/α-hetero) is 1. The van der Waals surface area contributed by atoms with E-state index in [1.54, 1.807) is 29.2 Å². The molecule has 0 aromatic heterocycles. The average molecular weight is 384 g/mol. The standard InChI is InChI=1S/C21H21FN2O4/c22-16-6-4-15(5-7-16)19(25)2-1-3-20(26)23-17-8-10-18(11-9-17)24-12-13-28-14-21(24)27/h4-11H,1-3,12-14H2,(H,23,26). The number of benzene rings is 2. The third kappa shape index (κ3) is 5.23. The van der Waals surface area contributed by atoms with E-state index in [0.29, 0.717) is 30.8 Å². The van der Waals surface area contributed by atoms with Gasteiger partial charge in [-0.2, -0.15) is 0 Å². The second-order valence-corrected chi connectivity index (χ2v) is 6.48. The third-order valence-corrected chi connectivity index (χ3v) is 4.42. The zero-order chi connectivity index (χ0) is 19.9. The number of anilines is 2. The molecule has 0 spiro atoms. The Hall–Kier alpha value is -3.06. The lowest BCUT2D eigenvalue weighted by atomic mass is 10.1. The van der Waals surface area contributed by atoms with Crippen LogP contribution in [0.1, 0.15) is 29.6 Å². The fourth-order valence-electron chi connectivity index (χ4n) is 2.93. The van der Waals surface area contributed by atoms with E-state index < -0.39 is 0 Å². The van der Waals surface area contributed by atoms with Crippen molar-refractivity contribution in [3.05, 3.63) is 59.9 Å². The van der Waals surface area contributed by atoms with Gasteiger partial charge >= 0.3 is 0 Å². The second kappa shape index (κ2) is 9.23. The molecule has 146 valence electrons. The maximum Gasteiger partial charge on any atom is 0.253 e. The molecular weight excluding hydrogens is 363 g/mol. The smallest absolute Gasteiger partial charge is 0.253 e. The molecule has 6 nitrogen and oxygen atoms in total. The molecule has 1 N–H and O–H groups in total. The van der Waals surface area contributed by atoms with Crippen LogP contribution in [-0.4, -0.2) is 37.4 Å². The molecule has 0 atom stereocenters. The van der Waals surface area contributed by atoms with Crippen LogP contribution >= 0.6 is 0 Å². The van der Waals surface area contributed by atoms with E-state index in [9.17, 15) is 18.8 Å². The first-order chi connectivity index (χ1) is 13.5. The number of hydrogen-bond donors (Lipinski definition) is 1. The summed E-state index contributed by atoms with van der Waals surface area (Å²) in [6.07, 6.45) is 0.830. The van der Waals surface area contributed by atoms with Crippen LogP contribution < -0.4 is 10.2 Å². The van der Waals surface area contributed by atoms with Crippen molar-refractivity contribution in [2.45, 2.75) is 19.3 Å². The van der Waals surface area contributed by atoms with Crippen LogP contribution in [-0.2, 0) is 14.3 Å². The summed E-state index contributed by atoms with van der Waals surface area (Å²) < 4.78 is 18.0. The highest BCUT2D eigenvalue weighted by atomic mass is 19.1. The number of hydrogen-bond acceptors (Lipinski definition) is 4. The van der Waals surface area contributed by atoms with Crippen LogP contribution in [0.3, 0.4) is 0 Å². The summed E-state index contributed by atoms with van der Waals surface area (Å²) in [5.41, 5.74) is 1.82. The molecular formula is C21H21FN2O4. The van der Waals surface area contributed by atoms with Gasteiger partial charge < -0.3 is 15.0 Å². The summed E-state index contributed by atoms with van der Waals surface area (Å²) in [5, 5.41) is 2.78. The third-order valence-electron chi connectivity index (χ3n) is 4.42. The van der Waals surface area contributed by atoms with E-state index in [1.807, 2.05) is 0 Å².